The van der Waals surface area contributed by atoms with Crippen molar-refractivity contribution in [3.8, 4) is 0 Å². The van der Waals surface area contributed by atoms with Crippen LogP contribution in [-0.2, 0) is 14.3 Å². The maximum atomic E-state index is 13.6. The van der Waals surface area contributed by atoms with E-state index in [2.05, 4.69) is 10.9 Å². The number of hydrogen-bond acceptors (Lipinski definition) is 4. The second-order valence-corrected chi connectivity index (χ2v) is 7.06. The number of hydrogen-bond donors (Lipinski definition) is 2. The number of benzene rings is 1. The lowest BCUT2D eigenvalue weighted by Crippen LogP contribution is -2.57. The Morgan fingerprint density at radius 1 is 1.12 bits per heavy atom. The number of fused-ring (bicyclic) bond motifs is 2. The van der Waals surface area contributed by atoms with Gasteiger partial charge < -0.3 is 4.74 Å². The molecule has 6 nitrogen and oxygen atoms in total. The lowest BCUT2D eigenvalue weighted by molar-refractivity contribution is -0.168. The van der Waals surface area contributed by atoms with Gasteiger partial charge in [-0.25, -0.2) is 4.39 Å². The number of carbonyl (C=O) groups excluding carboxylic acids is 3. The number of ether oxygens (including phenoxy) is 1. The largest absolute Gasteiger partial charge is 0.448 e. The average molecular weight is 334 g/mol. The minimum atomic E-state index is -1.33. The van der Waals surface area contributed by atoms with Gasteiger partial charge in [-0.15, -0.1) is 0 Å². The molecule has 1 saturated heterocycles. The fourth-order valence-corrected chi connectivity index (χ4v) is 3.67. The third kappa shape index (κ3) is 1.90. The molecule has 2 atom stereocenters. The second kappa shape index (κ2) is 5.03. The van der Waals surface area contributed by atoms with Gasteiger partial charge in [-0.1, -0.05) is 26.0 Å². The zero-order valence-electron chi connectivity index (χ0n) is 13.7. The molecule has 0 aromatic heterocycles. The van der Waals surface area contributed by atoms with Gasteiger partial charge in [0.15, 0.2) is 5.60 Å². The molecule has 2 fully saturated rings. The highest BCUT2D eigenvalue weighted by atomic mass is 19.1. The molecular formula is C17H19FN2O4. The zero-order valence-corrected chi connectivity index (χ0v) is 13.7. The quantitative estimate of drug-likeness (QED) is 0.637. The Morgan fingerprint density at radius 3 is 2.33 bits per heavy atom. The number of hydrazine groups is 1. The fraction of sp³-hybridized carbons (Fsp3) is 0.471. The van der Waals surface area contributed by atoms with Crippen LogP contribution < -0.4 is 10.9 Å². The highest BCUT2D eigenvalue weighted by Crippen LogP contribution is 2.65. The Morgan fingerprint density at radius 2 is 1.79 bits per heavy atom. The van der Waals surface area contributed by atoms with Crippen molar-refractivity contribution in [2.45, 2.75) is 39.2 Å². The number of halogens is 1. The highest BCUT2D eigenvalue weighted by Gasteiger charge is 2.75. The van der Waals surface area contributed by atoms with Crippen LogP contribution in [0.3, 0.4) is 0 Å². The normalized spacial score (nSPS) is 29.9. The molecular weight excluding hydrogens is 315 g/mol. The Kier molecular flexibility index (Phi) is 3.44. The van der Waals surface area contributed by atoms with Crippen molar-refractivity contribution < 1.29 is 23.5 Å². The van der Waals surface area contributed by atoms with E-state index < -0.39 is 40.0 Å². The van der Waals surface area contributed by atoms with Crippen molar-refractivity contribution in [2.75, 3.05) is 0 Å². The Hall–Kier alpha value is -2.44. The van der Waals surface area contributed by atoms with E-state index in [0.29, 0.717) is 12.8 Å². The lowest BCUT2D eigenvalue weighted by Gasteiger charge is -2.35. The summed E-state index contributed by atoms with van der Waals surface area (Å²) in [4.78, 5) is 36.8. The number of amides is 2. The van der Waals surface area contributed by atoms with E-state index in [1.54, 1.807) is 6.92 Å². The first-order chi connectivity index (χ1) is 11.2. The maximum absolute atomic E-state index is 13.6. The third-order valence-corrected chi connectivity index (χ3v) is 5.86. The molecule has 0 spiro atoms. The topological polar surface area (TPSA) is 84.5 Å². The molecule has 1 aliphatic heterocycles. The van der Waals surface area contributed by atoms with E-state index in [-0.39, 0.29) is 5.56 Å². The predicted octanol–water partition coefficient (Wildman–Crippen LogP) is 1.71. The van der Waals surface area contributed by atoms with E-state index >= 15 is 0 Å². The predicted molar refractivity (Wildman–Crippen MR) is 82.0 cm³/mol. The first-order valence-electron chi connectivity index (χ1n) is 7.74. The molecule has 1 aliphatic carbocycles. The van der Waals surface area contributed by atoms with Crippen LogP contribution in [0.4, 0.5) is 4.39 Å². The van der Waals surface area contributed by atoms with Gasteiger partial charge in [-0.05, 0) is 31.9 Å². The number of carbonyl (C=O) groups is 3. The Bertz CT molecular complexity index is 748. The van der Waals surface area contributed by atoms with Gasteiger partial charge in [0.1, 0.15) is 5.82 Å². The van der Waals surface area contributed by atoms with Crippen LogP contribution in [0.5, 0.6) is 0 Å². The van der Waals surface area contributed by atoms with E-state index in [0.717, 1.165) is 6.07 Å². The summed E-state index contributed by atoms with van der Waals surface area (Å²) in [5, 5.41) is 0. The minimum absolute atomic E-state index is 0.186. The van der Waals surface area contributed by atoms with Gasteiger partial charge >= 0.3 is 5.97 Å². The van der Waals surface area contributed by atoms with Gasteiger partial charge in [-0.3, -0.25) is 25.2 Å². The van der Waals surface area contributed by atoms with Crippen molar-refractivity contribution in [3.05, 3.63) is 35.6 Å². The van der Waals surface area contributed by atoms with E-state index in [4.69, 9.17) is 4.74 Å². The molecule has 2 unspecified atom stereocenters. The molecule has 2 bridgehead atoms. The summed E-state index contributed by atoms with van der Waals surface area (Å²) >= 11 is 0. The Labute approximate surface area is 138 Å². The first-order valence-corrected chi connectivity index (χ1v) is 7.74. The molecule has 0 radical (unpaired) electrons. The molecule has 1 aromatic carbocycles. The van der Waals surface area contributed by atoms with Crippen molar-refractivity contribution in [2.24, 2.45) is 10.8 Å². The molecule has 24 heavy (non-hydrogen) atoms. The molecule has 128 valence electrons. The highest BCUT2D eigenvalue weighted by molar-refractivity contribution is 5.99. The fourth-order valence-electron chi connectivity index (χ4n) is 3.67. The van der Waals surface area contributed by atoms with E-state index in [9.17, 15) is 18.8 Å². The first kappa shape index (κ1) is 16.4. The summed E-state index contributed by atoms with van der Waals surface area (Å²) in [5.41, 5.74) is 1.50. The number of rotatable bonds is 2. The summed E-state index contributed by atoms with van der Waals surface area (Å²) in [6.45, 7) is 5.40. The molecule has 1 aromatic rings. The number of esters is 1. The molecule has 2 aliphatic rings. The molecule has 3 rings (SSSR count). The van der Waals surface area contributed by atoms with Crippen LogP contribution in [0, 0.1) is 16.6 Å². The van der Waals surface area contributed by atoms with Gasteiger partial charge in [0.2, 0.25) is 0 Å². The van der Waals surface area contributed by atoms with Crippen molar-refractivity contribution in [3.63, 3.8) is 0 Å². The van der Waals surface area contributed by atoms with Crippen LogP contribution in [0.2, 0.25) is 0 Å². The summed E-state index contributed by atoms with van der Waals surface area (Å²) < 4.78 is 19.0. The smallest absolute Gasteiger partial charge is 0.313 e. The van der Waals surface area contributed by atoms with Crippen molar-refractivity contribution in [1.29, 1.82) is 0 Å². The third-order valence-electron chi connectivity index (χ3n) is 5.86. The standard InChI is InChI=1S/C17H19FN2O4/c1-15(2)16(3)8-9-17(15,24-14(16)23)13(22)20-19-12(21)10-6-4-5-7-11(10)18/h4-7H,8-9H2,1-3H3,(H,19,21)(H,20,22). The molecule has 2 amide bonds. The van der Waals surface area contributed by atoms with E-state index in [1.165, 1.54) is 18.2 Å². The summed E-state index contributed by atoms with van der Waals surface area (Å²) in [7, 11) is 0. The van der Waals surface area contributed by atoms with Crippen LogP contribution in [0.1, 0.15) is 44.0 Å². The number of nitrogens with one attached hydrogen (secondary N) is 2. The van der Waals surface area contributed by atoms with Crippen molar-refractivity contribution >= 4 is 17.8 Å². The second-order valence-electron chi connectivity index (χ2n) is 7.06. The average Bonchev–Trinajstić information content (AvgIpc) is 2.83. The van der Waals surface area contributed by atoms with Gasteiger partial charge in [0.25, 0.3) is 11.8 Å². The van der Waals surface area contributed by atoms with Gasteiger partial charge in [0.05, 0.1) is 11.0 Å². The van der Waals surface area contributed by atoms with Crippen LogP contribution >= 0.6 is 0 Å². The summed E-state index contributed by atoms with van der Waals surface area (Å²) in [6, 6.07) is 5.44. The van der Waals surface area contributed by atoms with Crippen LogP contribution in [-0.4, -0.2) is 23.4 Å². The molecule has 1 saturated carbocycles. The Balaban J connectivity index is 1.76. The molecule has 7 heteroatoms. The van der Waals surface area contributed by atoms with Gasteiger partial charge in [0, 0.05) is 5.41 Å². The van der Waals surface area contributed by atoms with Crippen LogP contribution in [0.25, 0.3) is 0 Å². The van der Waals surface area contributed by atoms with Crippen molar-refractivity contribution in [1.82, 2.24) is 10.9 Å². The zero-order chi connectivity index (χ0) is 17.8. The molecule has 2 N–H and O–H groups in total. The molecule has 1 heterocycles. The van der Waals surface area contributed by atoms with Crippen LogP contribution in [0.15, 0.2) is 24.3 Å². The minimum Gasteiger partial charge on any atom is -0.448 e. The summed E-state index contributed by atoms with van der Waals surface area (Å²) in [5.74, 6) is -2.48. The monoisotopic (exact) mass is 334 g/mol. The summed E-state index contributed by atoms with van der Waals surface area (Å²) in [6.07, 6.45) is 0.914. The SMILES string of the molecule is CC12CCC(C(=O)NNC(=O)c3ccccc3F)(OC1=O)C2(C)C. The van der Waals surface area contributed by atoms with Gasteiger partial charge in [-0.2, -0.15) is 0 Å². The van der Waals surface area contributed by atoms with E-state index in [1.807, 2.05) is 13.8 Å². The lowest BCUT2D eigenvalue weighted by atomic mass is 9.66. The maximum Gasteiger partial charge on any atom is 0.313 e.